The van der Waals surface area contributed by atoms with E-state index in [1.165, 1.54) is 19.9 Å². The Kier molecular flexibility index (Phi) is 7.89. The average molecular weight is 618 g/mol. The van der Waals surface area contributed by atoms with E-state index in [2.05, 4.69) is 25.4 Å². The highest BCUT2D eigenvalue weighted by molar-refractivity contribution is 6.27. The second-order valence-corrected chi connectivity index (χ2v) is 9.38. The fourth-order valence-electron chi connectivity index (χ4n) is 4.35. The Morgan fingerprint density at radius 3 is 1.60 bits per heavy atom. The van der Waals surface area contributed by atoms with Gasteiger partial charge in [0.1, 0.15) is 0 Å². The van der Waals surface area contributed by atoms with Gasteiger partial charge in [-0.1, -0.05) is 24.2 Å². The summed E-state index contributed by atoms with van der Waals surface area (Å²) in [6.45, 7) is 3.84. The largest absolute Gasteiger partial charge is 0.386 e. The van der Waals surface area contributed by atoms with Crippen LogP contribution in [0.3, 0.4) is 0 Å². The van der Waals surface area contributed by atoms with Gasteiger partial charge in [0.25, 0.3) is 0 Å². The molecular formula is C31H23N3O11. The molecule has 0 radical (unpaired) electrons. The number of cyclic esters (lactones) is 4. The summed E-state index contributed by atoms with van der Waals surface area (Å²) in [5.74, 6) is -5.00. The SMILES string of the molecule is CC(=O)Nc1cccc2c1C(=O)CC2=O.CC(=O)[15NH]c1cccc2c1C(=O)OC2=O.[2H]c1c([2H])c(NC(C)=O)c2c(c1[2H])C(=O)OC2=O. The topological polar surface area (TPSA) is 208 Å². The Morgan fingerprint density at radius 1 is 0.578 bits per heavy atom. The second kappa shape index (κ2) is 12.9. The maximum Gasteiger partial charge on any atom is 0.349 e. The summed E-state index contributed by atoms with van der Waals surface area (Å²) < 4.78 is 31.4. The summed E-state index contributed by atoms with van der Waals surface area (Å²) in [7, 11) is 0. The Morgan fingerprint density at radius 2 is 1.04 bits per heavy atom. The van der Waals surface area contributed by atoms with E-state index in [1.54, 1.807) is 30.3 Å². The summed E-state index contributed by atoms with van der Waals surface area (Å²) >= 11 is 0. The van der Waals surface area contributed by atoms with Crippen molar-refractivity contribution in [2.24, 2.45) is 0 Å². The number of nitrogens with one attached hydrogen (secondary N) is 3. The third-order valence-corrected chi connectivity index (χ3v) is 6.03. The molecular weight excluding hydrogens is 591 g/mol. The molecule has 6 rings (SSSR count). The van der Waals surface area contributed by atoms with Crippen LogP contribution >= 0.6 is 0 Å². The first kappa shape index (κ1) is 27.5. The number of hydrogen-bond donors (Lipinski definition) is 3. The molecule has 45 heavy (non-hydrogen) atoms. The monoisotopic (exact) mass is 617 g/mol. The van der Waals surface area contributed by atoms with Crippen LogP contribution in [0.4, 0.5) is 17.1 Å². The number of esters is 4. The van der Waals surface area contributed by atoms with Gasteiger partial charge in [0.15, 0.2) is 11.6 Å². The van der Waals surface area contributed by atoms with E-state index in [4.69, 9.17) is 4.11 Å². The molecule has 0 atom stereocenters. The molecule has 3 aromatic rings. The van der Waals surface area contributed by atoms with Crippen LogP contribution in [0.25, 0.3) is 0 Å². The number of Topliss-reactive ketones (excluding diaryl/α,β-unsaturated/α-hetero) is 2. The van der Waals surface area contributed by atoms with Crippen molar-refractivity contribution in [3.63, 3.8) is 0 Å². The van der Waals surface area contributed by atoms with Crippen molar-refractivity contribution < 1.29 is 56.7 Å². The number of ketones is 2. The standard InChI is InChI=1S/C11H9NO3.2C10H7NO4/c1-6(13)12-8-4-2-3-7-9(14)5-10(15)11(7)8;2*1-5(12)11-7-4-2-3-6-8(7)10(14)15-9(6)13/h2-4H,5H2,1H3,(H,12,13);2*2-4H,1H3,(H,11,12)/i;2D,3D,4D;11+1. The van der Waals surface area contributed by atoms with Crippen LogP contribution < -0.4 is 16.0 Å². The predicted octanol–water partition coefficient (Wildman–Crippen LogP) is 3.33. The van der Waals surface area contributed by atoms with E-state index < -0.39 is 47.9 Å². The van der Waals surface area contributed by atoms with E-state index >= 15 is 0 Å². The third kappa shape index (κ3) is 6.85. The fraction of sp³-hybridized carbons (Fsp3) is 0.129. The van der Waals surface area contributed by atoms with Crippen molar-refractivity contribution in [1.29, 1.82) is 0 Å². The van der Waals surface area contributed by atoms with Crippen LogP contribution in [0.15, 0.2) is 54.5 Å². The second-order valence-electron chi connectivity index (χ2n) is 9.38. The molecule has 2 heterocycles. The molecule has 0 aromatic heterocycles. The predicted molar refractivity (Wildman–Crippen MR) is 155 cm³/mol. The molecule has 1 aliphatic carbocycles. The highest BCUT2D eigenvalue weighted by Gasteiger charge is 2.33. The third-order valence-electron chi connectivity index (χ3n) is 6.03. The molecule has 3 aliphatic rings. The highest BCUT2D eigenvalue weighted by atomic mass is 16.6. The first-order valence-corrected chi connectivity index (χ1v) is 12.8. The van der Waals surface area contributed by atoms with Crippen molar-refractivity contribution >= 4 is 70.2 Å². The number of hydrogen-bond acceptors (Lipinski definition) is 11. The lowest BCUT2D eigenvalue weighted by atomic mass is 10.1. The quantitative estimate of drug-likeness (QED) is 0.221. The van der Waals surface area contributed by atoms with Gasteiger partial charge in [-0.3, -0.25) is 24.0 Å². The summed E-state index contributed by atoms with van der Waals surface area (Å²) in [5, 5.41) is 7.22. The van der Waals surface area contributed by atoms with Gasteiger partial charge in [0.05, 0.1) is 55.4 Å². The number of rotatable bonds is 3. The first-order chi connectivity index (χ1) is 22.5. The number of carbonyl (C=O) groups is 9. The fourth-order valence-corrected chi connectivity index (χ4v) is 4.35. The van der Waals surface area contributed by atoms with Gasteiger partial charge in [-0.15, -0.1) is 0 Å². The zero-order chi connectivity index (χ0) is 35.6. The van der Waals surface area contributed by atoms with Crippen molar-refractivity contribution in [2.45, 2.75) is 27.2 Å². The highest BCUT2D eigenvalue weighted by Crippen LogP contribution is 2.29. The molecule has 0 spiro atoms. The van der Waals surface area contributed by atoms with Crippen molar-refractivity contribution in [1.82, 2.24) is 0 Å². The molecule has 14 nitrogen and oxygen atoms in total. The normalized spacial score (nSPS) is 14.5. The molecule has 0 saturated carbocycles. The molecule has 0 unspecified atom stereocenters. The van der Waals surface area contributed by atoms with E-state index in [-0.39, 0.29) is 57.7 Å². The Bertz CT molecular complexity index is 1930. The maximum atomic E-state index is 11.5. The van der Waals surface area contributed by atoms with Gasteiger partial charge >= 0.3 is 23.9 Å². The summed E-state index contributed by atoms with van der Waals surface area (Å²) in [4.78, 5) is 101. The molecule has 0 bridgehead atoms. The van der Waals surface area contributed by atoms with Gasteiger partial charge in [0, 0.05) is 26.3 Å². The van der Waals surface area contributed by atoms with Crippen LogP contribution in [-0.2, 0) is 23.9 Å². The average Bonchev–Trinajstić information content (AvgIpc) is 3.58. The van der Waals surface area contributed by atoms with E-state index in [0.717, 1.165) is 6.92 Å². The van der Waals surface area contributed by atoms with Gasteiger partial charge in [-0.25, -0.2) is 19.2 Å². The summed E-state index contributed by atoms with van der Waals surface area (Å²) in [6, 6.07) is 7.87. The minimum atomic E-state index is -1.04. The molecule has 3 aromatic carbocycles. The molecule has 2 aliphatic heterocycles. The van der Waals surface area contributed by atoms with Crippen LogP contribution in [0.5, 0.6) is 0 Å². The van der Waals surface area contributed by atoms with Gasteiger partial charge in [-0.05, 0) is 30.3 Å². The van der Waals surface area contributed by atoms with Gasteiger partial charge in [0.2, 0.25) is 17.7 Å². The van der Waals surface area contributed by atoms with Crippen molar-refractivity contribution in [2.75, 3.05) is 16.0 Å². The number of benzene rings is 3. The number of ether oxygens (including phenoxy) is 2. The molecule has 3 N–H and O–H groups in total. The smallest absolute Gasteiger partial charge is 0.349 e. The maximum absolute atomic E-state index is 11.5. The van der Waals surface area contributed by atoms with Crippen LogP contribution in [0, 0.1) is 0 Å². The number of amides is 3. The van der Waals surface area contributed by atoms with E-state index in [9.17, 15) is 43.2 Å². The minimum Gasteiger partial charge on any atom is -0.386 e. The lowest BCUT2D eigenvalue weighted by Gasteiger charge is -2.06. The molecule has 14 heteroatoms. The molecule has 0 fully saturated rings. The molecule has 3 amide bonds. The Labute approximate surface area is 258 Å². The summed E-state index contributed by atoms with van der Waals surface area (Å²) in [6.07, 6.45) is -0.0913. The van der Waals surface area contributed by atoms with Crippen molar-refractivity contribution in [3.8, 4) is 0 Å². The lowest BCUT2D eigenvalue weighted by Crippen LogP contribution is -2.09. The van der Waals surface area contributed by atoms with E-state index in [1.807, 2.05) is 0 Å². The number of fused-ring (bicyclic) bond motifs is 3. The Hall–Kier alpha value is -6.31. The molecule has 0 saturated heterocycles. The van der Waals surface area contributed by atoms with Crippen LogP contribution in [0.1, 0.15) is 93.5 Å². The van der Waals surface area contributed by atoms with Gasteiger partial charge in [-0.2, -0.15) is 0 Å². The zero-order valence-corrected chi connectivity index (χ0v) is 23.7. The Balaban J connectivity index is 0.000000164. The van der Waals surface area contributed by atoms with Gasteiger partial charge < -0.3 is 25.4 Å². The van der Waals surface area contributed by atoms with Crippen LogP contribution in [0.2, 0.25) is 0 Å². The number of carbonyl (C=O) groups excluding carboxylic acids is 9. The molecule has 228 valence electrons. The zero-order valence-electron chi connectivity index (χ0n) is 26.7. The lowest BCUT2D eigenvalue weighted by molar-refractivity contribution is -0.115. The van der Waals surface area contributed by atoms with Crippen molar-refractivity contribution in [3.05, 3.63) is 87.9 Å². The minimum absolute atomic E-state index is 0.0913. The van der Waals surface area contributed by atoms with Crippen LogP contribution in [-0.4, -0.2) is 53.2 Å². The first-order valence-electron chi connectivity index (χ1n) is 14.3. The number of anilines is 3. The van der Waals surface area contributed by atoms with E-state index in [0.29, 0.717) is 22.5 Å². The summed E-state index contributed by atoms with van der Waals surface area (Å²) in [5.41, 5.74) is 0.805.